The van der Waals surface area contributed by atoms with Gasteiger partial charge in [0, 0.05) is 30.4 Å². The molecule has 12 heavy (non-hydrogen) atoms. The molecular weight excluding hydrogens is 148 g/mol. The topological polar surface area (TPSA) is 19.0 Å². The Balaban J connectivity index is 2.43. The summed E-state index contributed by atoms with van der Waals surface area (Å²) in [4.78, 5) is 5.74. The summed E-state index contributed by atoms with van der Waals surface area (Å²) in [6, 6.07) is 2.77. The summed E-state index contributed by atoms with van der Waals surface area (Å²) >= 11 is 0. The van der Waals surface area contributed by atoms with Crippen molar-refractivity contribution in [2.24, 2.45) is 0 Å². The second kappa shape index (κ2) is 2.63. The Labute approximate surface area is 73.6 Å². The van der Waals surface area contributed by atoms with E-state index in [2.05, 4.69) is 43.0 Å². The molecule has 1 aliphatic rings. The zero-order valence-electron chi connectivity index (χ0n) is 7.96. The van der Waals surface area contributed by atoms with Crippen molar-refractivity contribution in [3.05, 3.63) is 23.5 Å². The maximum atomic E-state index is 3.33. The van der Waals surface area contributed by atoms with Gasteiger partial charge in [-0.2, -0.15) is 0 Å². The van der Waals surface area contributed by atoms with Gasteiger partial charge < -0.3 is 4.98 Å². The Bertz CT molecular complexity index is 277. The highest BCUT2D eigenvalue weighted by Crippen LogP contribution is 2.33. The molecule has 0 radical (unpaired) electrons. The number of nitrogens with one attached hydrogen (secondary N) is 1. The van der Waals surface area contributed by atoms with Crippen LogP contribution < -0.4 is 0 Å². The van der Waals surface area contributed by atoms with E-state index in [4.69, 9.17) is 0 Å². The Morgan fingerprint density at radius 3 is 3.00 bits per heavy atom. The van der Waals surface area contributed by atoms with Crippen LogP contribution in [0.5, 0.6) is 0 Å². The Morgan fingerprint density at radius 1 is 1.50 bits per heavy atom. The first kappa shape index (κ1) is 7.87. The SMILES string of the molecule is C[C@@H]1CN(C)[C@H](C)c2cc[nH]c21. The Hall–Kier alpha value is -0.760. The van der Waals surface area contributed by atoms with Gasteiger partial charge in [0.15, 0.2) is 0 Å². The number of H-pyrrole nitrogens is 1. The molecular formula is C10H16N2. The minimum atomic E-state index is 0.572. The standard InChI is InChI=1S/C10H16N2/c1-7-6-12(3)8(2)9-4-5-11-10(7)9/h4-5,7-8,11H,6H2,1-3H3/t7-,8-/m1/s1. The molecule has 66 valence electrons. The zero-order valence-corrected chi connectivity index (χ0v) is 7.96. The molecule has 2 nitrogen and oxygen atoms in total. The fourth-order valence-corrected chi connectivity index (χ4v) is 2.10. The molecule has 1 aliphatic heterocycles. The first-order chi connectivity index (χ1) is 5.70. The van der Waals surface area contributed by atoms with E-state index < -0.39 is 0 Å². The van der Waals surface area contributed by atoms with E-state index in [1.165, 1.54) is 11.3 Å². The van der Waals surface area contributed by atoms with Gasteiger partial charge >= 0.3 is 0 Å². The molecule has 0 saturated carbocycles. The van der Waals surface area contributed by atoms with Crippen molar-refractivity contribution in [3.8, 4) is 0 Å². The summed E-state index contributed by atoms with van der Waals surface area (Å²) in [5.41, 5.74) is 2.90. The van der Waals surface area contributed by atoms with Crippen LogP contribution in [-0.4, -0.2) is 23.5 Å². The third kappa shape index (κ3) is 0.985. The second-order valence-electron chi connectivity index (χ2n) is 3.86. The molecule has 0 aliphatic carbocycles. The summed E-state index contributed by atoms with van der Waals surface area (Å²) in [6.07, 6.45) is 2.05. The first-order valence-electron chi connectivity index (χ1n) is 4.57. The number of likely N-dealkylation sites (N-methyl/N-ethyl adjacent to an activating group) is 1. The van der Waals surface area contributed by atoms with Gasteiger partial charge in [0.2, 0.25) is 0 Å². The van der Waals surface area contributed by atoms with Crippen molar-refractivity contribution in [2.45, 2.75) is 25.8 Å². The van der Waals surface area contributed by atoms with E-state index >= 15 is 0 Å². The monoisotopic (exact) mass is 164 g/mol. The van der Waals surface area contributed by atoms with Crippen LogP contribution in [0.15, 0.2) is 12.3 Å². The van der Waals surface area contributed by atoms with Gasteiger partial charge in [-0.15, -0.1) is 0 Å². The molecule has 0 amide bonds. The summed E-state index contributed by atoms with van der Waals surface area (Å²) < 4.78 is 0. The molecule has 2 heteroatoms. The van der Waals surface area contributed by atoms with Crippen molar-refractivity contribution >= 4 is 0 Å². The van der Waals surface area contributed by atoms with Crippen LogP contribution in [0.25, 0.3) is 0 Å². The quantitative estimate of drug-likeness (QED) is 0.622. The van der Waals surface area contributed by atoms with Crippen molar-refractivity contribution in [1.29, 1.82) is 0 Å². The highest BCUT2D eigenvalue weighted by molar-refractivity contribution is 5.29. The lowest BCUT2D eigenvalue weighted by Gasteiger charge is -2.33. The molecule has 0 saturated heterocycles. The molecule has 1 aromatic rings. The predicted octanol–water partition coefficient (Wildman–Crippen LogP) is 2.12. The van der Waals surface area contributed by atoms with Gasteiger partial charge in [0.1, 0.15) is 0 Å². The van der Waals surface area contributed by atoms with Crippen LogP contribution in [0.4, 0.5) is 0 Å². The van der Waals surface area contributed by atoms with Gasteiger partial charge in [0.25, 0.3) is 0 Å². The minimum absolute atomic E-state index is 0.572. The van der Waals surface area contributed by atoms with Crippen molar-refractivity contribution in [1.82, 2.24) is 9.88 Å². The van der Waals surface area contributed by atoms with Crippen LogP contribution in [0.2, 0.25) is 0 Å². The van der Waals surface area contributed by atoms with Crippen molar-refractivity contribution < 1.29 is 0 Å². The van der Waals surface area contributed by atoms with E-state index in [-0.39, 0.29) is 0 Å². The lowest BCUT2D eigenvalue weighted by atomic mass is 9.94. The van der Waals surface area contributed by atoms with E-state index in [0.29, 0.717) is 12.0 Å². The molecule has 0 fully saturated rings. The third-order valence-electron chi connectivity index (χ3n) is 2.98. The van der Waals surface area contributed by atoms with Gasteiger partial charge in [-0.1, -0.05) is 6.92 Å². The highest BCUT2D eigenvalue weighted by atomic mass is 15.1. The molecule has 0 unspecified atom stereocenters. The minimum Gasteiger partial charge on any atom is -0.364 e. The molecule has 0 aromatic carbocycles. The van der Waals surface area contributed by atoms with Crippen LogP contribution in [0, 0.1) is 0 Å². The summed E-state index contributed by atoms with van der Waals surface area (Å²) in [6.45, 7) is 5.70. The van der Waals surface area contributed by atoms with Gasteiger partial charge in [-0.25, -0.2) is 0 Å². The Kier molecular flexibility index (Phi) is 1.72. The number of hydrogen-bond acceptors (Lipinski definition) is 1. The predicted molar refractivity (Wildman–Crippen MR) is 50.3 cm³/mol. The normalized spacial score (nSPS) is 30.2. The average Bonchev–Trinajstić information content (AvgIpc) is 2.48. The van der Waals surface area contributed by atoms with Crippen LogP contribution >= 0.6 is 0 Å². The smallest absolute Gasteiger partial charge is 0.0334 e. The molecule has 0 spiro atoms. The lowest BCUT2D eigenvalue weighted by molar-refractivity contribution is 0.227. The van der Waals surface area contributed by atoms with E-state index in [1.54, 1.807) is 0 Å². The first-order valence-corrected chi connectivity index (χ1v) is 4.57. The van der Waals surface area contributed by atoms with Crippen LogP contribution in [-0.2, 0) is 0 Å². The summed E-state index contributed by atoms with van der Waals surface area (Å²) in [7, 11) is 2.19. The molecule has 0 bridgehead atoms. The zero-order chi connectivity index (χ0) is 8.72. The molecule has 1 aromatic heterocycles. The van der Waals surface area contributed by atoms with Crippen molar-refractivity contribution in [2.75, 3.05) is 13.6 Å². The van der Waals surface area contributed by atoms with Gasteiger partial charge in [0.05, 0.1) is 0 Å². The summed E-state index contributed by atoms with van der Waals surface area (Å²) in [5.74, 6) is 0.649. The van der Waals surface area contributed by atoms with Crippen molar-refractivity contribution in [3.63, 3.8) is 0 Å². The highest BCUT2D eigenvalue weighted by Gasteiger charge is 2.26. The molecule has 2 atom stereocenters. The maximum Gasteiger partial charge on any atom is 0.0334 e. The number of aromatic amines is 1. The molecule has 1 N–H and O–H groups in total. The fourth-order valence-electron chi connectivity index (χ4n) is 2.10. The van der Waals surface area contributed by atoms with Crippen LogP contribution in [0.3, 0.4) is 0 Å². The van der Waals surface area contributed by atoms with Gasteiger partial charge in [-0.3, -0.25) is 4.90 Å². The average molecular weight is 164 g/mol. The Morgan fingerprint density at radius 2 is 2.25 bits per heavy atom. The number of fused-ring (bicyclic) bond motifs is 1. The van der Waals surface area contributed by atoms with Gasteiger partial charge in [-0.05, 0) is 25.6 Å². The second-order valence-corrected chi connectivity index (χ2v) is 3.86. The maximum absolute atomic E-state index is 3.33. The molecule has 2 rings (SSSR count). The van der Waals surface area contributed by atoms with Crippen LogP contribution in [0.1, 0.15) is 37.1 Å². The van der Waals surface area contributed by atoms with E-state index in [9.17, 15) is 0 Å². The molecule has 2 heterocycles. The number of rotatable bonds is 0. The lowest BCUT2D eigenvalue weighted by Crippen LogP contribution is -2.32. The number of hydrogen-bond donors (Lipinski definition) is 1. The third-order valence-corrected chi connectivity index (χ3v) is 2.98. The number of nitrogens with zero attached hydrogens (tertiary/aromatic N) is 1. The largest absolute Gasteiger partial charge is 0.364 e. The summed E-state index contributed by atoms with van der Waals surface area (Å²) in [5, 5.41) is 0. The van der Waals surface area contributed by atoms with E-state index in [1.807, 2.05) is 0 Å². The fraction of sp³-hybridized carbons (Fsp3) is 0.600. The van der Waals surface area contributed by atoms with E-state index in [0.717, 1.165) is 6.54 Å². The number of aromatic nitrogens is 1.